The highest BCUT2D eigenvalue weighted by Crippen LogP contribution is 2.25. The van der Waals surface area contributed by atoms with E-state index in [9.17, 15) is 0 Å². The molecule has 2 aromatic rings. The molecule has 0 aromatic heterocycles. The van der Waals surface area contributed by atoms with Gasteiger partial charge in [0.2, 0.25) is 0 Å². The summed E-state index contributed by atoms with van der Waals surface area (Å²) in [5, 5.41) is 2.49. The zero-order valence-corrected chi connectivity index (χ0v) is 10.0. The molecule has 0 aliphatic heterocycles. The van der Waals surface area contributed by atoms with Crippen LogP contribution in [0.15, 0.2) is 36.4 Å². The van der Waals surface area contributed by atoms with Crippen molar-refractivity contribution < 1.29 is 0 Å². The number of aryl methyl sites for hydroxylation is 1. The lowest BCUT2D eigenvalue weighted by molar-refractivity contribution is 0.588. The first-order valence-corrected chi connectivity index (χ1v) is 5.94. The number of benzene rings is 2. The van der Waals surface area contributed by atoms with Crippen molar-refractivity contribution in [2.75, 3.05) is 5.73 Å². The van der Waals surface area contributed by atoms with Crippen LogP contribution in [-0.4, -0.2) is 0 Å². The smallest absolute Gasteiger partial charge is 0.0393 e. The highest BCUT2D eigenvalue weighted by molar-refractivity contribution is 5.94. The van der Waals surface area contributed by atoms with Crippen molar-refractivity contribution in [3.63, 3.8) is 0 Å². The highest BCUT2D eigenvalue weighted by Gasteiger charge is 2.03. The van der Waals surface area contributed by atoms with Crippen LogP contribution in [0.3, 0.4) is 0 Å². The Morgan fingerprint density at radius 2 is 1.69 bits per heavy atom. The number of hydrogen-bond donors (Lipinski definition) is 1. The number of fused-ring (bicyclic) bond motifs is 1. The van der Waals surface area contributed by atoms with Gasteiger partial charge in [-0.15, -0.1) is 0 Å². The second-order valence-electron chi connectivity index (χ2n) is 4.79. The fourth-order valence-corrected chi connectivity index (χ4v) is 2.06. The Morgan fingerprint density at radius 1 is 1.00 bits per heavy atom. The van der Waals surface area contributed by atoms with Crippen molar-refractivity contribution >= 4 is 16.5 Å². The lowest BCUT2D eigenvalue weighted by atomic mass is 9.97. The number of nitrogens with two attached hydrogens (primary N) is 1. The molecule has 16 heavy (non-hydrogen) atoms. The molecule has 0 atom stereocenters. The van der Waals surface area contributed by atoms with E-state index in [0.717, 1.165) is 18.0 Å². The van der Waals surface area contributed by atoms with Gasteiger partial charge in [0.1, 0.15) is 0 Å². The Hall–Kier alpha value is -1.50. The maximum atomic E-state index is 5.98. The van der Waals surface area contributed by atoms with E-state index < -0.39 is 0 Å². The standard InChI is InChI=1S/C15H19N/c1-11(2)9-10-12-5-3-7-14-13(12)6-4-8-15(14)16/h3-8,11H,9-10,16H2,1-2H3. The molecule has 1 nitrogen and oxygen atoms in total. The molecule has 0 spiro atoms. The molecule has 0 unspecified atom stereocenters. The lowest BCUT2D eigenvalue weighted by Gasteiger charge is -2.09. The minimum atomic E-state index is 0.747. The molecular formula is C15H19N. The molecule has 0 fully saturated rings. The van der Waals surface area contributed by atoms with Gasteiger partial charge < -0.3 is 5.73 Å². The Balaban J connectivity index is 2.42. The average Bonchev–Trinajstić information content (AvgIpc) is 2.27. The molecule has 2 N–H and O–H groups in total. The van der Waals surface area contributed by atoms with Gasteiger partial charge in [0.05, 0.1) is 0 Å². The van der Waals surface area contributed by atoms with Gasteiger partial charge in [-0.25, -0.2) is 0 Å². The summed E-state index contributed by atoms with van der Waals surface area (Å²) in [7, 11) is 0. The predicted octanol–water partition coefficient (Wildman–Crippen LogP) is 4.01. The minimum Gasteiger partial charge on any atom is -0.398 e. The quantitative estimate of drug-likeness (QED) is 0.766. The second-order valence-corrected chi connectivity index (χ2v) is 4.79. The molecule has 0 aliphatic carbocycles. The molecule has 0 radical (unpaired) electrons. The third-order valence-corrected chi connectivity index (χ3v) is 3.04. The van der Waals surface area contributed by atoms with E-state index in [4.69, 9.17) is 5.73 Å². The molecule has 1 heteroatoms. The molecule has 0 aliphatic rings. The van der Waals surface area contributed by atoms with Crippen LogP contribution in [0.25, 0.3) is 10.8 Å². The van der Waals surface area contributed by atoms with Gasteiger partial charge in [-0.2, -0.15) is 0 Å². The number of nitrogen functional groups attached to an aromatic ring is 1. The summed E-state index contributed by atoms with van der Waals surface area (Å²) in [6.45, 7) is 4.53. The molecule has 2 aromatic carbocycles. The summed E-state index contributed by atoms with van der Waals surface area (Å²) >= 11 is 0. The first-order chi connectivity index (χ1) is 7.68. The van der Waals surface area contributed by atoms with Gasteiger partial charge in [0, 0.05) is 11.1 Å². The van der Waals surface area contributed by atoms with Gasteiger partial charge >= 0.3 is 0 Å². The van der Waals surface area contributed by atoms with Crippen LogP contribution >= 0.6 is 0 Å². The zero-order chi connectivity index (χ0) is 11.5. The fourth-order valence-electron chi connectivity index (χ4n) is 2.06. The fraction of sp³-hybridized carbons (Fsp3) is 0.333. The molecule has 0 bridgehead atoms. The van der Waals surface area contributed by atoms with Gasteiger partial charge in [-0.3, -0.25) is 0 Å². The molecule has 0 saturated heterocycles. The summed E-state index contributed by atoms with van der Waals surface area (Å²) < 4.78 is 0. The largest absolute Gasteiger partial charge is 0.398 e. The third-order valence-electron chi connectivity index (χ3n) is 3.04. The molecule has 2 rings (SSSR count). The van der Waals surface area contributed by atoms with Crippen molar-refractivity contribution in [3.8, 4) is 0 Å². The minimum absolute atomic E-state index is 0.747. The maximum Gasteiger partial charge on any atom is 0.0393 e. The highest BCUT2D eigenvalue weighted by atomic mass is 14.5. The van der Waals surface area contributed by atoms with Gasteiger partial charge in [-0.05, 0) is 35.8 Å². The van der Waals surface area contributed by atoms with Crippen LogP contribution in [0.4, 0.5) is 5.69 Å². The van der Waals surface area contributed by atoms with Crippen molar-refractivity contribution in [2.24, 2.45) is 5.92 Å². The van der Waals surface area contributed by atoms with E-state index in [0.29, 0.717) is 0 Å². The second kappa shape index (κ2) is 4.56. The molecule has 0 saturated carbocycles. The molecular weight excluding hydrogens is 194 g/mol. The van der Waals surface area contributed by atoms with Crippen molar-refractivity contribution in [1.82, 2.24) is 0 Å². The first-order valence-electron chi connectivity index (χ1n) is 5.94. The summed E-state index contributed by atoms with van der Waals surface area (Å²) in [5.41, 5.74) is 8.27. The summed E-state index contributed by atoms with van der Waals surface area (Å²) in [5.74, 6) is 0.747. The SMILES string of the molecule is CC(C)CCc1cccc2c(N)cccc12. The topological polar surface area (TPSA) is 26.0 Å². The molecule has 84 valence electrons. The third kappa shape index (κ3) is 2.19. The van der Waals surface area contributed by atoms with Gasteiger partial charge in [0.25, 0.3) is 0 Å². The van der Waals surface area contributed by atoms with Crippen LogP contribution in [-0.2, 0) is 6.42 Å². The monoisotopic (exact) mass is 213 g/mol. The molecule has 0 heterocycles. The predicted molar refractivity (Wildman–Crippen MR) is 71.5 cm³/mol. The van der Waals surface area contributed by atoms with E-state index >= 15 is 0 Å². The Kier molecular flexibility index (Phi) is 3.14. The van der Waals surface area contributed by atoms with Crippen molar-refractivity contribution in [3.05, 3.63) is 42.0 Å². The maximum absolute atomic E-state index is 5.98. The Morgan fingerprint density at radius 3 is 2.44 bits per heavy atom. The van der Waals surface area contributed by atoms with E-state index in [-0.39, 0.29) is 0 Å². The van der Waals surface area contributed by atoms with E-state index in [1.165, 1.54) is 22.8 Å². The van der Waals surface area contributed by atoms with Gasteiger partial charge in [-0.1, -0.05) is 44.2 Å². The lowest BCUT2D eigenvalue weighted by Crippen LogP contribution is -1.94. The normalized spacial score (nSPS) is 11.2. The summed E-state index contributed by atoms with van der Waals surface area (Å²) in [4.78, 5) is 0. The van der Waals surface area contributed by atoms with E-state index in [1.807, 2.05) is 12.1 Å². The molecule has 0 amide bonds. The summed E-state index contributed by atoms with van der Waals surface area (Å²) in [6.07, 6.45) is 2.37. The van der Waals surface area contributed by atoms with Crippen LogP contribution in [0.2, 0.25) is 0 Å². The Labute approximate surface area is 97.3 Å². The van der Waals surface area contributed by atoms with Crippen LogP contribution in [0, 0.1) is 5.92 Å². The summed E-state index contributed by atoms with van der Waals surface area (Å²) in [6, 6.07) is 12.6. The first kappa shape index (κ1) is 11.0. The van der Waals surface area contributed by atoms with E-state index in [1.54, 1.807) is 0 Å². The van der Waals surface area contributed by atoms with E-state index in [2.05, 4.69) is 38.1 Å². The van der Waals surface area contributed by atoms with Crippen LogP contribution < -0.4 is 5.73 Å². The Bertz CT molecular complexity index is 486. The number of rotatable bonds is 3. The van der Waals surface area contributed by atoms with Crippen LogP contribution in [0.5, 0.6) is 0 Å². The van der Waals surface area contributed by atoms with Crippen molar-refractivity contribution in [2.45, 2.75) is 26.7 Å². The van der Waals surface area contributed by atoms with Crippen LogP contribution in [0.1, 0.15) is 25.8 Å². The number of anilines is 1. The number of hydrogen-bond acceptors (Lipinski definition) is 1. The average molecular weight is 213 g/mol. The van der Waals surface area contributed by atoms with Crippen molar-refractivity contribution in [1.29, 1.82) is 0 Å². The zero-order valence-electron chi connectivity index (χ0n) is 10.0. The van der Waals surface area contributed by atoms with Gasteiger partial charge in [0.15, 0.2) is 0 Å².